The van der Waals surface area contributed by atoms with Crippen molar-refractivity contribution in [2.45, 2.75) is 18.2 Å². The Balaban J connectivity index is 1.51. The number of nitrogens with one attached hydrogen (secondary N) is 2. The van der Waals surface area contributed by atoms with Crippen LogP contribution in [0, 0.1) is 6.92 Å². The van der Waals surface area contributed by atoms with Crippen LogP contribution < -0.4 is 14.8 Å². The molecule has 0 aliphatic carbocycles. The fraction of sp³-hybridized carbons (Fsp3) is 0.143. The van der Waals surface area contributed by atoms with E-state index in [0.29, 0.717) is 11.4 Å². The van der Waals surface area contributed by atoms with Crippen molar-refractivity contribution >= 4 is 27.4 Å². The quantitative estimate of drug-likeness (QED) is 0.590. The first-order valence-corrected chi connectivity index (χ1v) is 10.4. The van der Waals surface area contributed by atoms with Crippen LogP contribution in [0.2, 0.25) is 0 Å². The normalized spacial score (nSPS) is 10.9. The molecule has 0 spiro atoms. The summed E-state index contributed by atoms with van der Waals surface area (Å²) < 4.78 is 32.7. The number of aromatic nitrogens is 1. The van der Waals surface area contributed by atoms with Crippen LogP contribution >= 0.6 is 0 Å². The number of anilines is 2. The minimum atomic E-state index is -3.75. The van der Waals surface area contributed by atoms with Gasteiger partial charge in [0.2, 0.25) is 5.91 Å². The van der Waals surface area contributed by atoms with Crippen LogP contribution in [0.15, 0.2) is 77.8 Å². The maximum absolute atomic E-state index is 12.4. The largest absolute Gasteiger partial charge is 0.493 e. The van der Waals surface area contributed by atoms with Gasteiger partial charge in [0.05, 0.1) is 17.9 Å². The molecule has 29 heavy (non-hydrogen) atoms. The van der Waals surface area contributed by atoms with Gasteiger partial charge in [-0.05, 0) is 55.5 Å². The Labute approximate surface area is 169 Å². The summed E-state index contributed by atoms with van der Waals surface area (Å²) in [5.41, 5.74) is 1.64. The monoisotopic (exact) mass is 411 g/mol. The molecule has 0 fully saturated rings. The van der Waals surface area contributed by atoms with E-state index >= 15 is 0 Å². The molecule has 3 rings (SSSR count). The molecular formula is C21H21N3O4S. The van der Waals surface area contributed by atoms with E-state index in [0.717, 1.165) is 5.56 Å². The van der Waals surface area contributed by atoms with Crippen LogP contribution in [0.1, 0.15) is 12.0 Å². The Bertz CT molecular complexity index is 1050. The molecule has 150 valence electrons. The smallest absolute Gasteiger partial charge is 0.263 e. The Morgan fingerprint density at radius 3 is 2.38 bits per heavy atom. The predicted molar refractivity (Wildman–Crippen MR) is 111 cm³/mol. The first-order chi connectivity index (χ1) is 13.9. The molecule has 0 radical (unpaired) electrons. The van der Waals surface area contributed by atoms with Gasteiger partial charge in [0.1, 0.15) is 11.6 Å². The molecule has 0 aliphatic rings. The highest BCUT2D eigenvalue weighted by Gasteiger charge is 2.14. The van der Waals surface area contributed by atoms with Crippen molar-refractivity contribution in [1.29, 1.82) is 0 Å². The van der Waals surface area contributed by atoms with Crippen molar-refractivity contribution in [3.8, 4) is 5.75 Å². The van der Waals surface area contributed by atoms with Crippen molar-refractivity contribution in [1.82, 2.24) is 4.98 Å². The third-order valence-corrected chi connectivity index (χ3v) is 5.34. The number of amides is 1. The number of ether oxygens (including phenoxy) is 1. The van der Waals surface area contributed by atoms with Crippen molar-refractivity contribution in [3.63, 3.8) is 0 Å². The molecule has 1 aromatic heterocycles. The van der Waals surface area contributed by atoms with E-state index in [2.05, 4.69) is 15.0 Å². The minimum Gasteiger partial charge on any atom is -0.493 e. The van der Waals surface area contributed by atoms with Gasteiger partial charge in [-0.25, -0.2) is 13.4 Å². The number of pyridine rings is 1. The fourth-order valence-corrected chi connectivity index (χ4v) is 3.47. The SMILES string of the molecule is Cc1ccc(OCCC(=O)Nc2ccc(S(=O)(=O)Nc3ccccn3)cc2)cc1. The molecule has 2 aromatic carbocycles. The van der Waals surface area contributed by atoms with E-state index in [1.165, 1.54) is 30.5 Å². The molecule has 0 saturated carbocycles. The van der Waals surface area contributed by atoms with Gasteiger partial charge in [-0.2, -0.15) is 0 Å². The van der Waals surface area contributed by atoms with E-state index in [1.54, 1.807) is 18.2 Å². The second-order valence-corrected chi connectivity index (χ2v) is 7.99. The number of benzene rings is 2. The third-order valence-electron chi connectivity index (χ3n) is 3.97. The van der Waals surface area contributed by atoms with Crippen LogP contribution in [-0.2, 0) is 14.8 Å². The minimum absolute atomic E-state index is 0.0730. The van der Waals surface area contributed by atoms with E-state index in [-0.39, 0.29) is 29.6 Å². The second kappa shape index (κ2) is 9.20. The molecule has 0 unspecified atom stereocenters. The number of hydrogen-bond donors (Lipinski definition) is 2. The van der Waals surface area contributed by atoms with Gasteiger partial charge in [0.15, 0.2) is 0 Å². The number of hydrogen-bond acceptors (Lipinski definition) is 5. The van der Waals surface area contributed by atoms with Gasteiger partial charge >= 0.3 is 0 Å². The summed E-state index contributed by atoms with van der Waals surface area (Å²) in [6.07, 6.45) is 1.67. The number of carbonyl (C=O) groups excluding carboxylic acids is 1. The van der Waals surface area contributed by atoms with Crippen LogP contribution in [-0.4, -0.2) is 25.9 Å². The second-order valence-electron chi connectivity index (χ2n) is 6.30. The number of rotatable bonds is 8. The molecule has 7 nitrogen and oxygen atoms in total. The number of nitrogens with zero attached hydrogens (tertiary/aromatic N) is 1. The maximum atomic E-state index is 12.4. The lowest BCUT2D eigenvalue weighted by Crippen LogP contribution is -2.16. The van der Waals surface area contributed by atoms with Crippen LogP contribution in [0.5, 0.6) is 5.75 Å². The summed E-state index contributed by atoms with van der Waals surface area (Å²) in [4.78, 5) is 16.1. The first kappa shape index (κ1) is 20.3. The summed E-state index contributed by atoms with van der Waals surface area (Å²) in [7, 11) is -3.75. The number of aryl methyl sites for hydroxylation is 1. The number of carbonyl (C=O) groups is 1. The number of sulfonamides is 1. The van der Waals surface area contributed by atoms with Crippen molar-refractivity contribution in [3.05, 3.63) is 78.5 Å². The van der Waals surface area contributed by atoms with Crippen LogP contribution in [0.4, 0.5) is 11.5 Å². The highest BCUT2D eigenvalue weighted by molar-refractivity contribution is 7.92. The topological polar surface area (TPSA) is 97.4 Å². The van der Waals surface area contributed by atoms with Crippen LogP contribution in [0.25, 0.3) is 0 Å². The molecule has 1 heterocycles. The molecule has 0 atom stereocenters. The highest BCUT2D eigenvalue weighted by atomic mass is 32.2. The molecule has 0 saturated heterocycles. The van der Waals surface area contributed by atoms with Crippen molar-refractivity contribution in [2.24, 2.45) is 0 Å². The van der Waals surface area contributed by atoms with E-state index < -0.39 is 10.0 Å². The van der Waals surface area contributed by atoms with Crippen LogP contribution in [0.3, 0.4) is 0 Å². The molecule has 3 aromatic rings. The predicted octanol–water partition coefficient (Wildman–Crippen LogP) is 3.60. The first-order valence-electron chi connectivity index (χ1n) is 8.96. The lowest BCUT2D eigenvalue weighted by atomic mass is 10.2. The van der Waals surface area contributed by atoms with Gasteiger partial charge in [0, 0.05) is 11.9 Å². The Kier molecular flexibility index (Phi) is 6.46. The Hall–Kier alpha value is -3.39. The van der Waals surface area contributed by atoms with E-state index in [1.807, 2.05) is 31.2 Å². The van der Waals surface area contributed by atoms with E-state index in [4.69, 9.17) is 4.74 Å². The van der Waals surface area contributed by atoms with Gasteiger partial charge in [-0.15, -0.1) is 0 Å². The lowest BCUT2D eigenvalue weighted by Gasteiger charge is -2.09. The summed E-state index contributed by atoms with van der Waals surface area (Å²) in [5.74, 6) is 0.719. The average molecular weight is 411 g/mol. The summed E-state index contributed by atoms with van der Waals surface area (Å²) in [6.45, 7) is 2.23. The van der Waals surface area contributed by atoms with Crippen molar-refractivity contribution < 1.29 is 17.9 Å². The summed E-state index contributed by atoms with van der Waals surface area (Å²) in [5, 5.41) is 2.72. The van der Waals surface area contributed by atoms with E-state index in [9.17, 15) is 13.2 Å². The standard InChI is InChI=1S/C21H21N3O4S/c1-16-5-9-18(10-6-16)28-15-13-21(25)23-17-7-11-19(12-8-17)29(26,27)24-20-4-2-3-14-22-20/h2-12,14H,13,15H2,1H3,(H,22,24)(H,23,25). The van der Waals surface area contributed by atoms with Gasteiger partial charge in [-0.3, -0.25) is 9.52 Å². The summed E-state index contributed by atoms with van der Waals surface area (Å²) in [6, 6.07) is 18.4. The Morgan fingerprint density at radius 1 is 1.00 bits per heavy atom. The van der Waals surface area contributed by atoms with Crippen molar-refractivity contribution in [2.75, 3.05) is 16.6 Å². The zero-order valence-electron chi connectivity index (χ0n) is 15.8. The van der Waals surface area contributed by atoms with Gasteiger partial charge in [0.25, 0.3) is 10.0 Å². The summed E-state index contributed by atoms with van der Waals surface area (Å²) >= 11 is 0. The van der Waals surface area contributed by atoms with Gasteiger partial charge < -0.3 is 10.1 Å². The molecular weight excluding hydrogens is 390 g/mol. The molecule has 0 bridgehead atoms. The molecule has 8 heteroatoms. The molecule has 0 aliphatic heterocycles. The van der Waals surface area contributed by atoms with Gasteiger partial charge in [-0.1, -0.05) is 23.8 Å². The lowest BCUT2D eigenvalue weighted by molar-refractivity contribution is -0.116. The molecule has 2 N–H and O–H groups in total. The zero-order valence-corrected chi connectivity index (χ0v) is 16.6. The zero-order chi connectivity index (χ0) is 20.7. The molecule has 1 amide bonds. The Morgan fingerprint density at radius 2 is 1.72 bits per heavy atom. The fourth-order valence-electron chi connectivity index (χ4n) is 2.46. The highest BCUT2D eigenvalue weighted by Crippen LogP contribution is 2.17. The third kappa shape index (κ3) is 6.05. The average Bonchev–Trinajstić information content (AvgIpc) is 2.70. The maximum Gasteiger partial charge on any atom is 0.263 e.